The Balaban J connectivity index is 2.56. The van der Waals surface area contributed by atoms with Crippen molar-refractivity contribution in [3.05, 3.63) is 22.7 Å². The molecule has 0 fully saturated rings. The molecule has 1 aromatic heterocycles. The summed E-state index contributed by atoms with van der Waals surface area (Å²) >= 11 is 0. The molecule has 1 aliphatic heterocycles. The molecule has 0 aromatic carbocycles. The first-order valence-corrected chi connectivity index (χ1v) is 5.37. The predicted molar refractivity (Wildman–Crippen MR) is 58.5 cm³/mol. The summed E-state index contributed by atoms with van der Waals surface area (Å²) in [5.41, 5.74) is 8.21. The molecule has 0 saturated carbocycles. The predicted octanol–water partition coefficient (Wildman–Crippen LogP) is 1.55. The largest absolute Gasteiger partial charge is 0.420 e. The van der Waals surface area contributed by atoms with Gasteiger partial charge in [0.15, 0.2) is 0 Å². The highest BCUT2D eigenvalue weighted by atomic mass is 16.5. The van der Waals surface area contributed by atoms with Crippen molar-refractivity contribution in [1.29, 1.82) is 5.26 Å². The molecule has 84 valence electrons. The zero-order valence-corrected chi connectivity index (χ0v) is 9.37. The molecule has 5 heteroatoms. The second kappa shape index (κ2) is 3.89. The van der Waals surface area contributed by atoms with Crippen LogP contribution in [0.15, 0.2) is 11.5 Å². The van der Waals surface area contributed by atoms with Gasteiger partial charge in [0.25, 0.3) is 0 Å². The van der Waals surface area contributed by atoms with Crippen LogP contribution in [-0.2, 0) is 6.42 Å². The molecule has 5 nitrogen and oxygen atoms in total. The number of allylic oxidation sites excluding steroid dienone is 1. The summed E-state index contributed by atoms with van der Waals surface area (Å²) in [7, 11) is 0. The van der Waals surface area contributed by atoms with Crippen LogP contribution in [0.4, 0.5) is 0 Å². The average Bonchev–Trinajstić information content (AvgIpc) is 2.69. The van der Waals surface area contributed by atoms with Gasteiger partial charge in [0.1, 0.15) is 6.07 Å². The Bertz CT molecular complexity index is 481. The first-order chi connectivity index (χ1) is 7.72. The first kappa shape index (κ1) is 10.6. The first-order valence-electron chi connectivity index (χ1n) is 5.37. The standard InChI is InChI=1S/C11H14N4O/c1-3-6-7(5-12)10(13)16-11-9(6)8(4-2)14-15-11/h6H,3-4,13H2,1-2H3,(H,14,15). The molecule has 0 radical (unpaired) electrons. The normalized spacial score (nSPS) is 18.9. The van der Waals surface area contributed by atoms with Crippen molar-refractivity contribution >= 4 is 0 Å². The van der Waals surface area contributed by atoms with E-state index in [2.05, 4.69) is 16.3 Å². The van der Waals surface area contributed by atoms with Crippen LogP contribution in [0.3, 0.4) is 0 Å². The third kappa shape index (κ3) is 1.34. The maximum Gasteiger partial charge on any atom is 0.243 e. The van der Waals surface area contributed by atoms with Gasteiger partial charge in [-0.15, -0.1) is 5.10 Å². The molecule has 1 aromatic rings. The van der Waals surface area contributed by atoms with Gasteiger partial charge in [0.2, 0.25) is 11.8 Å². The van der Waals surface area contributed by atoms with E-state index in [0.717, 1.165) is 24.1 Å². The molecule has 0 bridgehead atoms. The number of H-pyrrole nitrogens is 1. The highest BCUT2D eigenvalue weighted by Gasteiger charge is 2.32. The number of hydrogen-bond donors (Lipinski definition) is 2. The van der Waals surface area contributed by atoms with E-state index in [1.807, 2.05) is 13.8 Å². The monoisotopic (exact) mass is 218 g/mol. The molecule has 1 atom stereocenters. The SMILES string of the molecule is CCc1[nH]nc2c1C(CC)C(C#N)=C(N)O2. The van der Waals surface area contributed by atoms with Gasteiger partial charge in [0.05, 0.1) is 5.57 Å². The third-order valence-electron chi connectivity index (χ3n) is 2.90. The summed E-state index contributed by atoms with van der Waals surface area (Å²) in [6.45, 7) is 4.06. The molecule has 2 rings (SSSR count). The molecule has 0 aliphatic carbocycles. The number of nitriles is 1. The summed E-state index contributed by atoms with van der Waals surface area (Å²) < 4.78 is 5.34. The van der Waals surface area contributed by atoms with Crippen molar-refractivity contribution in [1.82, 2.24) is 10.2 Å². The van der Waals surface area contributed by atoms with Crippen molar-refractivity contribution in [3.63, 3.8) is 0 Å². The smallest absolute Gasteiger partial charge is 0.243 e. The number of nitrogens with one attached hydrogen (secondary N) is 1. The Hall–Kier alpha value is -1.96. The van der Waals surface area contributed by atoms with Crippen LogP contribution in [0.5, 0.6) is 5.88 Å². The van der Waals surface area contributed by atoms with Crippen molar-refractivity contribution in [2.45, 2.75) is 32.6 Å². The summed E-state index contributed by atoms with van der Waals surface area (Å²) in [5.74, 6) is 0.693. The van der Waals surface area contributed by atoms with E-state index in [9.17, 15) is 0 Å². The van der Waals surface area contributed by atoms with Crippen LogP contribution in [0.2, 0.25) is 0 Å². The van der Waals surface area contributed by atoms with E-state index in [1.165, 1.54) is 0 Å². The zero-order valence-electron chi connectivity index (χ0n) is 9.37. The van der Waals surface area contributed by atoms with E-state index >= 15 is 0 Å². The van der Waals surface area contributed by atoms with Crippen molar-refractivity contribution in [3.8, 4) is 11.9 Å². The lowest BCUT2D eigenvalue weighted by molar-refractivity contribution is 0.372. The molecule has 2 heterocycles. The molecule has 1 aliphatic rings. The maximum atomic E-state index is 9.09. The fourth-order valence-electron chi connectivity index (χ4n) is 2.09. The summed E-state index contributed by atoms with van der Waals surface area (Å²) in [6, 6.07) is 2.12. The number of aromatic nitrogens is 2. The van der Waals surface area contributed by atoms with Crippen molar-refractivity contribution in [2.24, 2.45) is 5.73 Å². The topological polar surface area (TPSA) is 87.7 Å². The number of fused-ring (bicyclic) bond motifs is 1. The van der Waals surface area contributed by atoms with E-state index in [0.29, 0.717) is 11.5 Å². The molecule has 0 saturated heterocycles. The molecule has 3 N–H and O–H groups in total. The van der Waals surface area contributed by atoms with Crippen molar-refractivity contribution in [2.75, 3.05) is 0 Å². The van der Waals surface area contributed by atoms with E-state index < -0.39 is 0 Å². The summed E-state index contributed by atoms with van der Waals surface area (Å²) in [6.07, 6.45) is 1.65. The van der Waals surface area contributed by atoms with Crippen LogP contribution in [0, 0.1) is 11.3 Å². The number of nitrogens with two attached hydrogens (primary N) is 1. The Morgan fingerprint density at radius 3 is 2.88 bits per heavy atom. The lowest BCUT2D eigenvalue weighted by Gasteiger charge is -2.22. The molecule has 0 spiro atoms. The second-order valence-corrected chi connectivity index (χ2v) is 3.73. The van der Waals surface area contributed by atoms with Crippen LogP contribution >= 0.6 is 0 Å². The minimum absolute atomic E-state index is 0.00227. The highest BCUT2D eigenvalue weighted by Crippen LogP contribution is 2.40. The Morgan fingerprint density at radius 1 is 1.56 bits per heavy atom. The maximum absolute atomic E-state index is 9.09. The average molecular weight is 218 g/mol. The summed E-state index contributed by atoms with van der Waals surface area (Å²) in [4.78, 5) is 0. The molecule has 16 heavy (non-hydrogen) atoms. The van der Waals surface area contributed by atoms with Crippen molar-refractivity contribution < 1.29 is 4.74 Å². The van der Waals surface area contributed by atoms with Gasteiger partial charge in [-0.05, 0) is 12.8 Å². The number of hydrogen-bond acceptors (Lipinski definition) is 4. The molecule has 0 amide bonds. The minimum Gasteiger partial charge on any atom is -0.420 e. The van der Waals surface area contributed by atoms with Gasteiger partial charge in [0, 0.05) is 17.2 Å². The van der Waals surface area contributed by atoms with Crippen LogP contribution in [0.25, 0.3) is 0 Å². The van der Waals surface area contributed by atoms with E-state index in [-0.39, 0.29) is 11.8 Å². The minimum atomic E-state index is 0.00227. The lowest BCUT2D eigenvalue weighted by atomic mass is 9.87. The van der Waals surface area contributed by atoms with Crippen LogP contribution in [-0.4, -0.2) is 10.2 Å². The zero-order chi connectivity index (χ0) is 11.7. The highest BCUT2D eigenvalue weighted by molar-refractivity contribution is 5.48. The van der Waals surface area contributed by atoms with Gasteiger partial charge in [-0.2, -0.15) is 5.26 Å². The van der Waals surface area contributed by atoms with Gasteiger partial charge < -0.3 is 10.5 Å². The van der Waals surface area contributed by atoms with Gasteiger partial charge in [-0.25, -0.2) is 0 Å². The fraction of sp³-hybridized carbons (Fsp3) is 0.455. The number of ether oxygens (including phenoxy) is 1. The number of rotatable bonds is 2. The summed E-state index contributed by atoms with van der Waals surface area (Å²) in [5, 5.41) is 16.1. The number of nitrogens with zero attached hydrogens (tertiary/aromatic N) is 2. The van der Waals surface area contributed by atoms with Crippen LogP contribution < -0.4 is 10.5 Å². The molecule has 1 unspecified atom stereocenters. The molecular weight excluding hydrogens is 204 g/mol. The lowest BCUT2D eigenvalue weighted by Crippen LogP contribution is -2.20. The molecular formula is C11H14N4O. The van der Waals surface area contributed by atoms with E-state index in [4.69, 9.17) is 15.7 Å². The van der Waals surface area contributed by atoms with Crippen LogP contribution in [0.1, 0.15) is 37.4 Å². The number of aryl methyl sites for hydroxylation is 1. The quantitative estimate of drug-likeness (QED) is 0.788. The van der Waals surface area contributed by atoms with Gasteiger partial charge in [-0.3, -0.25) is 5.10 Å². The third-order valence-corrected chi connectivity index (χ3v) is 2.90. The second-order valence-electron chi connectivity index (χ2n) is 3.73. The fourth-order valence-corrected chi connectivity index (χ4v) is 2.09. The number of aromatic amines is 1. The Morgan fingerprint density at radius 2 is 2.31 bits per heavy atom. The van der Waals surface area contributed by atoms with Gasteiger partial charge >= 0.3 is 0 Å². The Labute approximate surface area is 93.9 Å². The van der Waals surface area contributed by atoms with Gasteiger partial charge in [-0.1, -0.05) is 13.8 Å². The Kier molecular flexibility index (Phi) is 2.57. The van der Waals surface area contributed by atoms with E-state index in [1.54, 1.807) is 0 Å².